The Hall–Kier alpha value is -0.0900. The lowest BCUT2D eigenvalue weighted by atomic mass is 9.99. The van der Waals surface area contributed by atoms with Gasteiger partial charge in [-0.15, -0.1) is 0 Å². The third-order valence-corrected chi connectivity index (χ3v) is 2.72. The minimum Gasteiger partial charge on any atom is -0.396 e. The fourth-order valence-corrected chi connectivity index (χ4v) is 1.51. The van der Waals surface area contributed by atoms with Crippen LogP contribution in [0.1, 0.15) is 24.8 Å². The van der Waals surface area contributed by atoms with Crippen LogP contribution in [0.15, 0.2) is 24.3 Å². The Morgan fingerprint density at radius 1 is 1.33 bits per heavy atom. The van der Waals surface area contributed by atoms with Crippen molar-refractivity contribution in [1.82, 2.24) is 0 Å². The van der Waals surface area contributed by atoms with Crippen LogP contribution < -0.4 is 0 Å². The maximum atomic E-state index is 8.75. The molecular weight excluding hydrogens is 263 g/mol. The van der Waals surface area contributed by atoms with Crippen molar-refractivity contribution in [2.24, 2.45) is 0 Å². The van der Waals surface area contributed by atoms with E-state index in [1.165, 1.54) is 9.13 Å². The topological polar surface area (TPSA) is 20.2 Å². The van der Waals surface area contributed by atoms with E-state index in [4.69, 9.17) is 5.11 Å². The second-order valence-electron chi connectivity index (χ2n) is 2.96. The van der Waals surface area contributed by atoms with Gasteiger partial charge in [0.1, 0.15) is 0 Å². The molecule has 0 aromatic heterocycles. The fraction of sp³-hybridized carbons (Fsp3) is 0.400. The summed E-state index contributed by atoms with van der Waals surface area (Å²) in [5, 5.41) is 8.75. The molecule has 0 aliphatic heterocycles. The molecule has 0 bridgehead atoms. The third kappa shape index (κ3) is 2.75. The maximum absolute atomic E-state index is 8.75. The van der Waals surface area contributed by atoms with E-state index in [1.807, 2.05) is 0 Å². The Morgan fingerprint density at radius 3 is 2.42 bits per heavy atom. The number of rotatable bonds is 3. The molecule has 1 aromatic carbocycles. The molecule has 2 heteroatoms. The van der Waals surface area contributed by atoms with Crippen LogP contribution in [0.3, 0.4) is 0 Å². The number of hydrogen-bond donors (Lipinski definition) is 1. The van der Waals surface area contributed by atoms with Gasteiger partial charge in [-0.3, -0.25) is 0 Å². The summed E-state index contributed by atoms with van der Waals surface area (Å²) in [4.78, 5) is 0. The Bertz CT molecular complexity index is 230. The smallest absolute Gasteiger partial charge is 0.0436 e. The van der Waals surface area contributed by atoms with Gasteiger partial charge in [0.25, 0.3) is 0 Å². The molecule has 1 atom stereocenters. The van der Waals surface area contributed by atoms with Crippen LogP contribution in [0.5, 0.6) is 0 Å². The van der Waals surface area contributed by atoms with E-state index in [0.29, 0.717) is 5.92 Å². The molecule has 0 saturated carbocycles. The standard InChI is InChI=1S/C10H13IO/c1-8(6-7-12)9-2-4-10(11)5-3-9/h2-5,8,12H,6-7H2,1H3. The van der Waals surface area contributed by atoms with Gasteiger partial charge in [0.15, 0.2) is 0 Å². The van der Waals surface area contributed by atoms with Gasteiger partial charge >= 0.3 is 0 Å². The summed E-state index contributed by atoms with van der Waals surface area (Å²) in [7, 11) is 0. The van der Waals surface area contributed by atoms with Crippen LogP contribution >= 0.6 is 22.6 Å². The highest BCUT2D eigenvalue weighted by Gasteiger charge is 2.03. The summed E-state index contributed by atoms with van der Waals surface area (Å²) >= 11 is 2.29. The van der Waals surface area contributed by atoms with Gasteiger partial charge in [-0.25, -0.2) is 0 Å². The Balaban J connectivity index is 2.68. The van der Waals surface area contributed by atoms with Crippen LogP contribution in [0.25, 0.3) is 0 Å². The van der Waals surface area contributed by atoms with Crippen molar-refractivity contribution in [3.05, 3.63) is 33.4 Å². The number of benzene rings is 1. The predicted octanol–water partition coefficient (Wildman–Crippen LogP) is 2.78. The molecule has 0 saturated heterocycles. The first-order chi connectivity index (χ1) is 5.74. The number of halogens is 1. The molecule has 0 radical (unpaired) electrons. The van der Waals surface area contributed by atoms with Crippen LogP contribution in [-0.2, 0) is 0 Å². The molecule has 12 heavy (non-hydrogen) atoms. The average molecular weight is 276 g/mol. The lowest BCUT2D eigenvalue weighted by Crippen LogP contribution is -1.96. The predicted molar refractivity (Wildman–Crippen MR) is 59.3 cm³/mol. The van der Waals surface area contributed by atoms with Gasteiger partial charge in [-0.05, 0) is 52.6 Å². The molecule has 0 fully saturated rings. The maximum Gasteiger partial charge on any atom is 0.0436 e. The summed E-state index contributed by atoms with van der Waals surface area (Å²) in [6, 6.07) is 8.46. The van der Waals surface area contributed by atoms with E-state index in [0.717, 1.165) is 6.42 Å². The Kier molecular flexibility index (Phi) is 4.01. The number of aliphatic hydroxyl groups is 1. The van der Waals surface area contributed by atoms with Gasteiger partial charge in [-0.1, -0.05) is 19.1 Å². The highest BCUT2D eigenvalue weighted by Crippen LogP contribution is 2.19. The summed E-state index contributed by atoms with van der Waals surface area (Å²) in [6.45, 7) is 2.41. The van der Waals surface area contributed by atoms with Gasteiger partial charge in [-0.2, -0.15) is 0 Å². The zero-order valence-electron chi connectivity index (χ0n) is 7.13. The van der Waals surface area contributed by atoms with Gasteiger partial charge < -0.3 is 5.11 Å². The first-order valence-corrected chi connectivity index (χ1v) is 5.18. The molecule has 1 aromatic rings. The van der Waals surface area contributed by atoms with Gasteiger partial charge in [0, 0.05) is 10.2 Å². The van der Waals surface area contributed by atoms with Crippen LogP contribution in [0.2, 0.25) is 0 Å². The monoisotopic (exact) mass is 276 g/mol. The zero-order valence-corrected chi connectivity index (χ0v) is 9.28. The average Bonchev–Trinajstić information content (AvgIpc) is 2.06. The molecule has 1 rings (SSSR count). The molecule has 0 amide bonds. The number of aliphatic hydroxyl groups excluding tert-OH is 1. The van der Waals surface area contributed by atoms with Crippen molar-refractivity contribution >= 4 is 22.6 Å². The number of hydrogen-bond acceptors (Lipinski definition) is 1. The molecule has 0 spiro atoms. The molecule has 0 aliphatic rings. The van der Waals surface area contributed by atoms with E-state index in [2.05, 4.69) is 53.8 Å². The normalized spacial score (nSPS) is 12.9. The van der Waals surface area contributed by atoms with Crippen molar-refractivity contribution in [2.75, 3.05) is 6.61 Å². The Morgan fingerprint density at radius 2 is 1.92 bits per heavy atom. The van der Waals surface area contributed by atoms with Crippen molar-refractivity contribution in [1.29, 1.82) is 0 Å². The van der Waals surface area contributed by atoms with Crippen molar-refractivity contribution < 1.29 is 5.11 Å². The second kappa shape index (κ2) is 4.82. The van der Waals surface area contributed by atoms with E-state index < -0.39 is 0 Å². The molecule has 0 aliphatic carbocycles. The van der Waals surface area contributed by atoms with Crippen molar-refractivity contribution in [3.63, 3.8) is 0 Å². The molecule has 0 heterocycles. The highest BCUT2D eigenvalue weighted by molar-refractivity contribution is 14.1. The van der Waals surface area contributed by atoms with E-state index in [9.17, 15) is 0 Å². The third-order valence-electron chi connectivity index (χ3n) is 2.00. The van der Waals surface area contributed by atoms with Gasteiger partial charge in [0.05, 0.1) is 0 Å². The van der Waals surface area contributed by atoms with Crippen LogP contribution in [-0.4, -0.2) is 11.7 Å². The summed E-state index contributed by atoms with van der Waals surface area (Å²) in [5.74, 6) is 0.465. The van der Waals surface area contributed by atoms with Crippen molar-refractivity contribution in [2.45, 2.75) is 19.3 Å². The second-order valence-corrected chi connectivity index (χ2v) is 4.21. The largest absolute Gasteiger partial charge is 0.396 e. The van der Waals surface area contributed by atoms with E-state index in [1.54, 1.807) is 0 Å². The van der Waals surface area contributed by atoms with Gasteiger partial charge in [0.2, 0.25) is 0 Å². The fourth-order valence-electron chi connectivity index (χ4n) is 1.15. The SMILES string of the molecule is CC(CCO)c1ccc(I)cc1. The van der Waals surface area contributed by atoms with Crippen molar-refractivity contribution in [3.8, 4) is 0 Å². The molecule has 1 unspecified atom stereocenters. The zero-order chi connectivity index (χ0) is 8.97. The molecular formula is C10H13IO. The summed E-state index contributed by atoms with van der Waals surface area (Å²) in [5.41, 5.74) is 1.31. The van der Waals surface area contributed by atoms with E-state index >= 15 is 0 Å². The van der Waals surface area contributed by atoms with Crippen LogP contribution in [0, 0.1) is 3.57 Å². The minimum atomic E-state index is 0.271. The summed E-state index contributed by atoms with van der Waals surface area (Å²) < 4.78 is 1.26. The van der Waals surface area contributed by atoms with Crippen LogP contribution in [0.4, 0.5) is 0 Å². The summed E-state index contributed by atoms with van der Waals surface area (Å²) in [6.07, 6.45) is 0.848. The lowest BCUT2D eigenvalue weighted by molar-refractivity contribution is 0.278. The first kappa shape index (κ1) is 9.99. The molecule has 1 N–H and O–H groups in total. The van der Waals surface area contributed by atoms with E-state index in [-0.39, 0.29) is 6.61 Å². The highest BCUT2D eigenvalue weighted by atomic mass is 127. The Labute approximate surface area is 86.9 Å². The first-order valence-electron chi connectivity index (χ1n) is 4.10. The molecule has 66 valence electrons. The lowest BCUT2D eigenvalue weighted by Gasteiger charge is -2.09. The quantitative estimate of drug-likeness (QED) is 0.842. The molecule has 1 nitrogen and oxygen atoms in total. The minimum absolute atomic E-state index is 0.271.